The number of pyridine rings is 1. The molecule has 0 amide bonds. The number of thiocarbonyl (C=S) groups is 1. The summed E-state index contributed by atoms with van der Waals surface area (Å²) in [5.41, 5.74) is 2.72. The molecule has 1 aromatic heterocycles. The normalized spacial score (nSPS) is 16.6. The van der Waals surface area contributed by atoms with Crippen molar-refractivity contribution >= 4 is 63.9 Å². The molecule has 4 rings (SSSR count). The molecule has 2 aromatic carbocycles. The van der Waals surface area contributed by atoms with Crippen molar-refractivity contribution in [2.75, 3.05) is 0 Å². The minimum absolute atomic E-state index is 0.0599. The van der Waals surface area contributed by atoms with Crippen molar-refractivity contribution in [3.63, 3.8) is 0 Å². The number of esters is 1. The fourth-order valence-corrected chi connectivity index (χ4v) is 3.80. The average Bonchev–Trinajstić information content (AvgIpc) is 2.86. The molecular formula is C21H18BF4N3O3S. The summed E-state index contributed by atoms with van der Waals surface area (Å²) in [4.78, 5) is 12.3. The molecule has 0 spiro atoms. The molecule has 6 nitrogen and oxygen atoms in total. The van der Waals surface area contributed by atoms with Crippen molar-refractivity contribution in [3.05, 3.63) is 54.1 Å². The Morgan fingerprint density at radius 2 is 1.52 bits per heavy atom. The van der Waals surface area contributed by atoms with Gasteiger partial charge < -0.3 is 32.1 Å². The van der Waals surface area contributed by atoms with E-state index in [0.29, 0.717) is 5.56 Å². The number of hydrogen-bond acceptors (Lipinski definition) is 6. The highest BCUT2D eigenvalue weighted by Crippen LogP contribution is 2.27. The summed E-state index contributed by atoms with van der Waals surface area (Å²) in [5.74, 6) is -0.931. The highest BCUT2D eigenvalue weighted by molar-refractivity contribution is 7.80. The van der Waals surface area contributed by atoms with Gasteiger partial charge in [-0.2, -0.15) is 4.57 Å². The quantitative estimate of drug-likeness (QED) is 0.141. The number of ether oxygens (including phenoxy) is 2. The lowest BCUT2D eigenvalue weighted by Gasteiger charge is -2.17. The van der Waals surface area contributed by atoms with Crippen LogP contribution >= 0.6 is 12.2 Å². The maximum absolute atomic E-state index is 12.3. The zero-order valence-electron chi connectivity index (χ0n) is 17.3. The number of carbonyl (C=O) groups is 1. The summed E-state index contributed by atoms with van der Waals surface area (Å²) >= 11 is 5.59. The van der Waals surface area contributed by atoms with E-state index in [-0.39, 0.29) is 29.5 Å². The Morgan fingerprint density at radius 1 is 1.03 bits per heavy atom. The minimum atomic E-state index is -6.00. The summed E-state index contributed by atoms with van der Waals surface area (Å²) in [6.45, 7) is 0. The molecule has 33 heavy (non-hydrogen) atoms. The monoisotopic (exact) mass is 479 g/mol. The number of nitrogens with zero attached hydrogens (tertiary/aromatic N) is 1. The number of aromatic nitrogens is 1. The van der Waals surface area contributed by atoms with Crippen LogP contribution in [0.3, 0.4) is 0 Å². The fourth-order valence-electron chi connectivity index (χ4n) is 3.48. The van der Waals surface area contributed by atoms with Crippen LogP contribution in [0.4, 0.5) is 17.3 Å². The van der Waals surface area contributed by atoms with Crippen molar-refractivity contribution in [2.45, 2.75) is 18.9 Å². The molecule has 12 heteroatoms. The zero-order valence-corrected chi connectivity index (χ0v) is 18.1. The standard InChI is InChI=1S/C21H18N3O3S.BF4/c1-24-15-8-4-2-6-12(15)18(13-7-3-5-9-16(13)24)21(28)27-19-14(22)10-11-17(23)26-20(19)25;2-1(3,4)5/h2-9,19,22-23H,10-11H2,1H3;/q+1;-1. The van der Waals surface area contributed by atoms with Crippen LogP contribution in [0.5, 0.6) is 0 Å². The second kappa shape index (κ2) is 9.61. The number of halogens is 4. The van der Waals surface area contributed by atoms with Crippen LogP contribution in [0, 0.1) is 10.8 Å². The average molecular weight is 479 g/mol. The number of benzene rings is 2. The van der Waals surface area contributed by atoms with Crippen molar-refractivity contribution in [1.29, 1.82) is 10.8 Å². The van der Waals surface area contributed by atoms with Gasteiger partial charge in [-0.3, -0.25) is 5.41 Å². The highest BCUT2D eigenvalue weighted by Gasteiger charge is 2.33. The molecule has 2 heterocycles. The van der Waals surface area contributed by atoms with Gasteiger partial charge in [0, 0.05) is 18.6 Å². The maximum atomic E-state index is 12.3. The Hall–Kier alpha value is -3.41. The van der Waals surface area contributed by atoms with E-state index in [1.807, 2.05) is 55.6 Å². The number of rotatable bonds is 2. The topological polar surface area (TPSA) is 87.1 Å². The predicted octanol–water partition coefficient (Wildman–Crippen LogP) is 4.51. The van der Waals surface area contributed by atoms with E-state index in [2.05, 4.69) is 4.57 Å². The number of carbonyl (C=O) groups excluding carboxylic acids is 1. The molecule has 3 aromatic rings. The Labute approximate surface area is 191 Å². The third-order valence-corrected chi connectivity index (χ3v) is 5.17. The molecule has 1 atom stereocenters. The van der Waals surface area contributed by atoms with Gasteiger partial charge in [-0.1, -0.05) is 24.3 Å². The molecule has 1 aliphatic heterocycles. The molecule has 172 valence electrons. The number of fused-ring (bicyclic) bond motifs is 2. The first kappa shape index (κ1) is 24.2. The maximum Gasteiger partial charge on any atom is 0.673 e. The smallest absolute Gasteiger partial charge is 0.462 e. The van der Waals surface area contributed by atoms with Crippen LogP contribution in [0.15, 0.2) is 48.5 Å². The highest BCUT2D eigenvalue weighted by atomic mass is 32.1. The van der Waals surface area contributed by atoms with Gasteiger partial charge in [0.15, 0.2) is 10.9 Å². The summed E-state index contributed by atoms with van der Waals surface area (Å²) in [7, 11) is -4.01. The molecular weight excluding hydrogens is 461 g/mol. The van der Waals surface area contributed by atoms with E-state index in [9.17, 15) is 22.1 Å². The first-order valence-corrected chi connectivity index (χ1v) is 10.1. The van der Waals surface area contributed by atoms with Gasteiger partial charge >= 0.3 is 13.2 Å². The van der Waals surface area contributed by atoms with Crippen LogP contribution < -0.4 is 4.57 Å². The summed E-state index contributed by atoms with van der Waals surface area (Å²) in [6.07, 6.45) is -0.810. The number of aryl methyl sites for hydroxylation is 1. The van der Waals surface area contributed by atoms with Gasteiger partial charge in [0.1, 0.15) is 7.05 Å². The zero-order chi connectivity index (χ0) is 24.3. The van der Waals surface area contributed by atoms with Crippen LogP contribution in [0.25, 0.3) is 21.8 Å². The molecule has 1 saturated heterocycles. The largest absolute Gasteiger partial charge is 0.673 e. The fraction of sp³-hybridized carbons (Fsp3) is 0.190. The number of hydrogen-bond donors (Lipinski definition) is 2. The lowest BCUT2D eigenvalue weighted by atomic mass is 10.0. The molecule has 0 saturated carbocycles. The van der Waals surface area contributed by atoms with Crippen LogP contribution in [-0.2, 0) is 21.3 Å². The van der Waals surface area contributed by atoms with Crippen LogP contribution in [0.1, 0.15) is 18.4 Å². The second-order valence-electron chi connectivity index (χ2n) is 7.12. The van der Waals surface area contributed by atoms with Crippen LogP contribution in [-0.4, -0.2) is 36.0 Å². The van der Waals surface area contributed by atoms with Crippen molar-refractivity contribution in [1.82, 2.24) is 0 Å². The van der Waals surface area contributed by atoms with Gasteiger partial charge in [-0.15, -0.1) is 0 Å². The molecule has 2 N–H and O–H groups in total. The van der Waals surface area contributed by atoms with E-state index in [4.69, 9.17) is 32.5 Å². The van der Waals surface area contributed by atoms with E-state index in [1.165, 1.54) is 0 Å². The van der Waals surface area contributed by atoms with Crippen molar-refractivity contribution in [2.24, 2.45) is 7.05 Å². The molecule has 1 fully saturated rings. The van der Waals surface area contributed by atoms with Crippen LogP contribution in [0.2, 0.25) is 0 Å². The Balaban J connectivity index is 0.000000555. The minimum Gasteiger partial charge on any atom is -0.462 e. The lowest BCUT2D eigenvalue weighted by molar-refractivity contribution is -0.617. The third-order valence-electron chi connectivity index (χ3n) is 4.87. The molecule has 0 radical (unpaired) electrons. The third kappa shape index (κ3) is 5.69. The van der Waals surface area contributed by atoms with Gasteiger partial charge in [0.2, 0.25) is 17.1 Å². The summed E-state index contributed by atoms with van der Waals surface area (Å²) in [6, 6.07) is 15.7. The molecule has 1 aliphatic rings. The Morgan fingerprint density at radius 3 is 2.03 bits per heavy atom. The Kier molecular flexibility index (Phi) is 7.06. The van der Waals surface area contributed by atoms with E-state index < -0.39 is 19.3 Å². The SMILES string of the molecule is C[n+]1c2ccccc2c(C(=S)OC2C(=N)CCC(=N)OC2=O)c2ccccc21.F[B-](F)(F)F. The van der Waals surface area contributed by atoms with Crippen molar-refractivity contribution in [3.8, 4) is 0 Å². The second-order valence-corrected chi connectivity index (χ2v) is 7.49. The summed E-state index contributed by atoms with van der Waals surface area (Å²) in [5, 5.41) is 17.7. The van der Waals surface area contributed by atoms with Gasteiger partial charge in [0.05, 0.1) is 22.0 Å². The molecule has 0 aliphatic carbocycles. The van der Waals surface area contributed by atoms with E-state index in [0.717, 1.165) is 21.8 Å². The lowest BCUT2D eigenvalue weighted by Crippen LogP contribution is -2.35. The number of cyclic esters (lactones) is 1. The number of nitrogens with one attached hydrogen (secondary N) is 2. The Bertz CT molecular complexity index is 1220. The van der Waals surface area contributed by atoms with Crippen molar-refractivity contribution < 1.29 is 36.1 Å². The van der Waals surface area contributed by atoms with Gasteiger partial charge in [-0.25, -0.2) is 4.79 Å². The first-order chi connectivity index (χ1) is 15.5. The van der Waals surface area contributed by atoms with E-state index in [1.54, 1.807) is 0 Å². The first-order valence-electron chi connectivity index (χ1n) is 9.71. The number of para-hydroxylation sites is 2. The summed E-state index contributed by atoms with van der Waals surface area (Å²) < 4.78 is 51.8. The molecule has 1 unspecified atom stereocenters. The van der Waals surface area contributed by atoms with E-state index >= 15 is 0 Å². The predicted molar refractivity (Wildman–Crippen MR) is 120 cm³/mol. The van der Waals surface area contributed by atoms with Gasteiger partial charge in [-0.05, 0) is 30.8 Å². The van der Waals surface area contributed by atoms with Gasteiger partial charge in [0.25, 0.3) is 0 Å². The molecule has 0 bridgehead atoms.